The first-order chi connectivity index (χ1) is 16.0. The van der Waals surface area contributed by atoms with Crippen molar-refractivity contribution in [3.8, 4) is 28.5 Å². The van der Waals surface area contributed by atoms with E-state index in [2.05, 4.69) is 15.6 Å². The lowest BCUT2D eigenvalue weighted by molar-refractivity contribution is -0.128. The minimum absolute atomic E-state index is 0.0373. The number of rotatable bonds is 2. The number of hydrogen-bond acceptors (Lipinski definition) is 9. The summed E-state index contributed by atoms with van der Waals surface area (Å²) in [5.41, 5.74) is 1.67. The first kappa shape index (κ1) is 20.0. The van der Waals surface area contributed by atoms with E-state index in [4.69, 9.17) is 9.47 Å². The van der Waals surface area contributed by atoms with E-state index < -0.39 is 42.2 Å². The summed E-state index contributed by atoms with van der Waals surface area (Å²) in [6, 6.07) is 9.00. The maximum Gasteiger partial charge on any atom is 0.255 e. The molecule has 3 aliphatic rings. The van der Waals surface area contributed by atoms with Crippen LogP contribution in [0.15, 0.2) is 42.6 Å². The number of aromatic hydroxyl groups is 1. The number of aromatic nitrogens is 3. The third kappa shape index (κ3) is 2.83. The Labute approximate surface area is 186 Å². The molecule has 5 N–H and O–H groups in total. The van der Waals surface area contributed by atoms with Crippen LogP contribution in [-0.4, -0.2) is 72.5 Å². The van der Waals surface area contributed by atoms with E-state index in [1.54, 1.807) is 12.3 Å². The van der Waals surface area contributed by atoms with Gasteiger partial charge in [-0.15, -0.1) is 5.10 Å². The van der Waals surface area contributed by atoms with Gasteiger partial charge in [-0.1, -0.05) is 35.5 Å². The van der Waals surface area contributed by atoms with Crippen molar-refractivity contribution in [1.29, 1.82) is 0 Å². The lowest BCUT2D eigenvalue weighted by Crippen LogP contribution is -2.64. The van der Waals surface area contributed by atoms with Crippen molar-refractivity contribution in [1.82, 2.24) is 20.3 Å². The molecule has 6 atom stereocenters. The molecule has 0 saturated heterocycles. The minimum atomic E-state index is -1.55. The molecule has 6 rings (SSSR count). The summed E-state index contributed by atoms with van der Waals surface area (Å²) in [5.74, 6) is -1.47. The fourth-order valence-corrected chi connectivity index (χ4v) is 5.06. The van der Waals surface area contributed by atoms with E-state index in [1.165, 1.54) is 4.68 Å². The highest BCUT2D eigenvalue weighted by Gasteiger charge is 2.55. The molecule has 1 aliphatic carbocycles. The van der Waals surface area contributed by atoms with Crippen molar-refractivity contribution in [3.05, 3.63) is 53.7 Å². The van der Waals surface area contributed by atoms with Crippen molar-refractivity contribution < 1.29 is 34.7 Å². The molecular formula is C22H20N4O7. The van der Waals surface area contributed by atoms with Crippen molar-refractivity contribution in [2.45, 2.75) is 36.3 Å². The number of phenols is 1. The Morgan fingerprint density at radius 3 is 2.64 bits per heavy atom. The number of nitrogens with zero attached hydrogens (tertiary/aromatic N) is 3. The molecule has 0 radical (unpaired) electrons. The van der Waals surface area contributed by atoms with Crippen LogP contribution in [0.1, 0.15) is 27.9 Å². The fourth-order valence-electron chi connectivity index (χ4n) is 5.06. The lowest BCUT2D eigenvalue weighted by atomic mass is 9.69. The normalized spacial score (nSPS) is 29.8. The molecule has 2 aliphatic heterocycles. The quantitative estimate of drug-likeness (QED) is 0.358. The maximum atomic E-state index is 12.9. The number of phenolic OH excluding ortho intramolecular Hbond substituents is 1. The maximum absolute atomic E-state index is 12.9. The van der Waals surface area contributed by atoms with E-state index in [1.807, 2.05) is 30.3 Å². The predicted octanol–water partition coefficient (Wildman–Crippen LogP) is -0.0874. The second kappa shape index (κ2) is 7.17. The van der Waals surface area contributed by atoms with Gasteiger partial charge in [0.2, 0.25) is 12.5 Å². The average Bonchev–Trinajstić information content (AvgIpc) is 3.49. The highest BCUT2D eigenvalue weighted by Crippen LogP contribution is 2.52. The number of carbonyl (C=O) groups excluding carboxylic acids is 1. The van der Waals surface area contributed by atoms with Crippen LogP contribution >= 0.6 is 0 Å². The van der Waals surface area contributed by atoms with Gasteiger partial charge in [0.15, 0.2) is 11.5 Å². The number of benzene rings is 2. The molecular weight excluding hydrogens is 432 g/mol. The number of ether oxygens (including phenoxy) is 2. The number of hydrogen-bond donors (Lipinski definition) is 5. The smallest absolute Gasteiger partial charge is 0.255 e. The van der Waals surface area contributed by atoms with Crippen LogP contribution in [0.4, 0.5) is 0 Å². The molecule has 1 aromatic heterocycles. The minimum Gasteiger partial charge on any atom is -0.504 e. The molecule has 1 saturated carbocycles. The third-order valence-corrected chi connectivity index (χ3v) is 6.61. The van der Waals surface area contributed by atoms with Gasteiger partial charge in [-0.05, 0) is 11.6 Å². The number of carbonyl (C=O) groups is 1. The van der Waals surface area contributed by atoms with Gasteiger partial charge in [-0.25, -0.2) is 4.68 Å². The third-order valence-electron chi connectivity index (χ3n) is 6.61. The SMILES string of the molecule is O=C1N[C@H]2[C@H](O)[C@H](O)[C@@H](O)[C@H](n3cc(-c4ccccc4)nn3)[C@@H]2c2cc3c(c(O)c21)OCO3. The lowest BCUT2D eigenvalue weighted by Gasteiger charge is -2.48. The molecule has 11 nitrogen and oxygen atoms in total. The zero-order chi connectivity index (χ0) is 22.9. The van der Waals surface area contributed by atoms with Gasteiger partial charge in [0.05, 0.1) is 23.8 Å². The number of fused-ring (bicyclic) bond motifs is 4. The molecule has 0 bridgehead atoms. The summed E-state index contributed by atoms with van der Waals surface area (Å²) < 4.78 is 12.1. The molecule has 1 fully saturated rings. The van der Waals surface area contributed by atoms with Crippen molar-refractivity contribution in [2.75, 3.05) is 6.79 Å². The van der Waals surface area contributed by atoms with Crippen molar-refractivity contribution in [3.63, 3.8) is 0 Å². The Balaban J connectivity index is 1.51. The highest BCUT2D eigenvalue weighted by atomic mass is 16.7. The van der Waals surface area contributed by atoms with Gasteiger partial charge in [-0.3, -0.25) is 4.79 Å². The Morgan fingerprint density at radius 2 is 1.85 bits per heavy atom. The van der Waals surface area contributed by atoms with E-state index >= 15 is 0 Å². The molecule has 33 heavy (non-hydrogen) atoms. The van der Waals surface area contributed by atoms with Crippen LogP contribution < -0.4 is 14.8 Å². The van der Waals surface area contributed by atoms with Crippen LogP contribution in [0, 0.1) is 0 Å². The van der Waals surface area contributed by atoms with Gasteiger partial charge >= 0.3 is 0 Å². The Kier molecular flexibility index (Phi) is 4.34. The predicted molar refractivity (Wildman–Crippen MR) is 111 cm³/mol. The Bertz CT molecular complexity index is 1250. The van der Waals surface area contributed by atoms with Crippen molar-refractivity contribution >= 4 is 5.91 Å². The largest absolute Gasteiger partial charge is 0.504 e. The van der Waals surface area contributed by atoms with E-state index in [9.17, 15) is 25.2 Å². The topological polar surface area (TPSA) is 159 Å². The monoisotopic (exact) mass is 452 g/mol. The second-order valence-electron chi connectivity index (χ2n) is 8.36. The number of aliphatic hydroxyl groups is 3. The molecule has 0 unspecified atom stereocenters. The average molecular weight is 452 g/mol. The number of nitrogens with one attached hydrogen (secondary N) is 1. The first-order valence-corrected chi connectivity index (χ1v) is 10.4. The van der Waals surface area contributed by atoms with E-state index in [0.717, 1.165) is 5.56 Å². The molecule has 170 valence electrons. The summed E-state index contributed by atoms with van der Waals surface area (Å²) in [5, 5.41) is 54.1. The molecule has 3 aromatic rings. The van der Waals surface area contributed by atoms with E-state index in [-0.39, 0.29) is 29.6 Å². The van der Waals surface area contributed by atoms with Crippen LogP contribution in [0.3, 0.4) is 0 Å². The number of amides is 1. The van der Waals surface area contributed by atoms with Gasteiger partial charge in [-0.2, -0.15) is 0 Å². The highest BCUT2D eigenvalue weighted by molar-refractivity contribution is 6.01. The first-order valence-electron chi connectivity index (χ1n) is 10.4. The van der Waals surface area contributed by atoms with Crippen LogP contribution in [-0.2, 0) is 0 Å². The Morgan fingerprint density at radius 1 is 1.06 bits per heavy atom. The fraction of sp³-hybridized carbons (Fsp3) is 0.318. The second-order valence-corrected chi connectivity index (χ2v) is 8.36. The molecule has 2 aromatic carbocycles. The van der Waals surface area contributed by atoms with E-state index in [0.29, 0.717) is 11.3 Å². The standard InChI is InChI=1S/C22H20N4O7/c27-17-14-10(6-12-21(17)33-8-32-12)13-15(23-22(14)31)18(28)20(30)19(29)16(13)26-7-11(24-25-26)9-4-2-1-3-5-9/h1-7,13,15-16,18-20,27-30H,8H2,(H,23,31)/t13-,15-,16-,18+,19+,20+/m1/s1. The van der Waals surface area contributed by atoms with Crippen LogP contribution in [0.5, 0.6) is 17.2 Å². The van der Waals surface area contributed by atoms with Gasteiger partial charge in [0.25, 0.3) is 5.91 Å². The van der Waals surface area contributed by atoms with Gasteiger partial charge < -0.3 is 35.2 Å². The summed E-state index contributed by atoms with van der Waals surface area (Å²) >= 11 is 0. The molecule has 0 spiro atoms. The van der Waals surface area contributed by atoms with Gasteiger partial charge in [0, 0.05) is 11.5 Å². The number of aliphatic hydroxyl groups excluding tert-OH is 3. The summed E-state index contributed by atoms with van der Waals surface area (Å²) in [4.78, 5) is 12.9. The Hall–Kier alpha value is -3.67. The zero-order valence-electron chi connectivity index (χ0n) is 17.1. The van der Waals surface area contributed by atoms with Crippen molar-refractivity contribution in [2.24, 2.45) is 0 Å². The molecule has 11 heteroatoms. The molecule has 1 amide bonds. The van der Waals surface area contributed by atoms with Crippen LogP contribution in [0.25, 0.3) is 11.3 Å². The van der Waals surface area contributed by atoms with Gasteiger partial charge in [0.1, 0.15) is 24.0 Å². The summed E-state index contributed by atoms with van der Waals surface area (Å²) in [6.45, 7) is -0.113. The van der Waals surface area contributed by atoms with Crippen LogP contribution in [0.2, 0.25) is 0 Å². The summed E-state index contributed by atoms with van der Waals surface area (Å²) in [6.07, 6.45) is -2.82. The molecule has 3 heterocycles. The summed E-state index contributed by atoms with van der Waals surface area (Å²) in [7, 11) is 0. The zero-order valence-corrected chi connectivity index (χ0v) is 17.1.